The van der Waals surface area contributed by atoms with Crippen LogP contribution in [0.5, 0.6) is 0 Å². The molecule has 0 unspecified atom stereocenters. The summed E-state index contributed by atoms with van der Waals surface area (Å²) >= 11 is 0. The zero-order chi connectivity index (χ0) is 31.6. The van der Waals surface area contributed by atoms with Gasteiger partial charge in [0.05, 0.1) is 22.6 Å². The maximum atomic E-state index is 6.28. The molecule has 9 rings (SSSR count). The van der Waals surface area contributed by atoms with Crippen LogP contribution >= 0.6 is 0 Å². The zero-order valence-electron chi connectivity index (χ0n) is 25.8. The van der Waals surface area contributed by atoms with Gasteiger partial charge in [0.1, 0.15) is 0 Å². The Hall–Kier alpha value is -5.75. The van der Waals surface area contributed by atoms with E-state index in [-0.39, 0.29) is 20.1 Å². The molecule has 0 spiro atoms. The summed E-state index contributed by atoms with van der Waals surface area (Å²) in [6, 6.07) is 52.6. The first kappa shape index (κ1) is 30.9. The van der Waals surface area contributed by atoms with E-state index in [0.29, 0.717) is 5.71 Å². The average molecular weight is 798 g/mol. The first-order valence-electron chi connectivity index (χ1n) is 15.3. The molecule has 7 heteroatoms. The SMILES string of the molecule is Cc1ccc2c(n1)oc1c(-c3nc4ccc(-c5ccccc5)nc4n3-c3ccccc3)[c-]ccc12.[Ir].[c-]1ccccc1-c1ccccn1. The molecule has 0 fully saturated rings. The molecule has 5 aromatic heterocycles. The third kappa shape index (κ3) is 5.93. The maximum Gasteiger partial charge on any atom is 0.216 e. The number of rotatable bonds is 4. The van der Waals surface area contributed by atoms with Crippen LogP contribution < -0.4 is 0 Å². The Labute approximate surface area is 291 Å². The predicted molar refractivity (Wildman–Crippen MR) is 187 cm³/mol. The molecule has 6 nitrogen and oxygen atoms in total. The van der Waals surface area contributed by atoms with E-state index < -0.39 is 0 Å². The molecule has 0 N–H and O–H groups in total. The minimum absolute atomic E-state index is 0. The Morgan fingerprint density at radius 1 is 0.625 bits per heavy atom. The molecule has 0 saturated heterocycles. The van der Waals surface area contributed by atoms with E-state index in [1.54, 1.807) is 6.20 Å². The van der Waals surface area contributed by atoms with Crippen LogP contribution in [0.15, 0.2) is 150 Å². The van der Waals surface area contributed by atoms with Gasteiger partial charge in [-0.25, -0.2) is 9.97 Å². The second-order valence-electron chi connectivity index (χ2n) is 11.0. The van der Waals surface area contributed by atoms with Gasteiger partial charge in [-0.05, 0) is 55.1 Å². The fourth-order valence-corrected chi connectivity index (χ4v) is 5.67. The normalized spacial score (nSPS) is 10.9. The van der Waals surface area contributed by atoms with Crippen LogP contribution in [-0.2, 0) is 20.1 Å². The Kier molecular flexibility index (Phi) is 8.71. The summed E-state index contributed by atoms with van der Waals surface area (Å²) in [6.07, 6.45) is 1.79. The number of aryl methyl sites for hydroxylation is 1. The van der Waals surface area contributed by atoms with E-state index in [1.165, 1.54) is 0 Å². The van der Waals surface area contributed by atoms with Crippen LogP contribution in [0.3, 0.4) is 0 Å². The summed E-state index contributed by atoms with van der Waals surface area (Å²) in [5.41, 5.74) is 9.55. The number of furan rings is 1. The minimum atomic E-state index is 0. The maximum absolute atomic E-state index is 6.28. The largest absolute Gasteiger partial charge is 0.486 e. The van der Waals surface area contributed by atoms with E-state index in [4.69, 9.17) is 14.4 Å². The van der Waals surface area contributed by atoms with Gasteiger partial charge in [0.2, 0.25) is 5.71 Å². The molecule has 0 saturated carbocycles. The fraction of sp³-hybridized carbons (Fsp3) is 0.0244. The van der Waals surface area contributed by atoms with E-state index in [0.717, 1.165) is 72.8 Å². The number of pyridine rings is 3. The van der Waals surface area contributed by atoms with Gasteiger partial charge >= 0.3 is 0 Å². The molecule has 1 radical (unpaired) electrons. The molecule has 0 aliphatic rings. The molecule has 0 bridgehead atoms. The number of benzene rings is 4. The van der Waals surface area contributed by atoms with Crippen molar-refractivity contribution in [2.75, 3.05) is 0 Å². The molecular formula is C41H27IrN5O-2. The van der Waals surface area contributed by atoms with E-state index in [9.17, 15) is 0 Å². The summed E-state index contributed by atoms with van der Waals surface area (Å²) in [7, 11) is 0. The molecule has 0 amide bonds. The van der Waals surface area contributed by atoms with Crippen molar-refractivity contribution in [3.8, 4) is 39.6 Å². The van der Waals surface area contributed by atoms with Gasteiger partial charge < -0.3 is 14.0 Å². The molecule has 233 valence electrons. The van der Waals surface area contributed by atoms with E-state index in [2.05, 4.69) is 57.0 Å². The number of para-hydroxylation sites is 1. The van der Waals surface area contributed by atoms with Crippen molar-refractivity contribution in [2.45, 2.75) is 6.92 Å². The van der Waals surface area contributed by atoms with E-state index in [1.807, 2.05) is 116 Å². The van der Waals surface area contributed by atoms with Gasteiger partial charge in [0.25, 0.3) is 0 Å². The van der Waals surface area contributed by atoms with Crippen LogP contribution in [0.2, 0.25) is 0 Å². The van der Waals surface area contributed by atoms with Crippen LogP contribution in [0, 0.1) is 19.1 Å². The van der Waals surface area contributed by atoms with Crippen LogP contribution in [0.4, 0.5) is 0 Å². The minimum Gasteiger partial charge on any atom is -0.486 e. The first-order valence-corrected chi connectivity index (χ1v) is 15.3. The molecule has 4 aromatic carbocycles. The molecule has 0 atom stereocenters. The van der Waals surface area contributed by atoms with Crippen LogP contribution in [0.25, 0.3) is 72.8 Å². The summed E-state index contributed by atoms with van der Waals surface area (Å²) in [6.45, 7) is 1.96. The van der Waals surface area contributed by atoms with Crippen molar-refractivity contribution in [2.24, 2.45) is 0 Å². The molecule has 0 aliphatic heterocycles. The van der Waals surface area contributed by atoms with Crippen molar-refractivity contribution < 1.29 is 24.5 Å². The quantitative estimate of drug-likeness (QED) is 0.166. The summed E-state index contributed by atoms with van der Waals surface area (Å²) in [4.78, 5) is 18.9. The van der Waals surface area contributed by atoms with Crippen molar-refractivity contribution in [1.82, 2.24) is 24.5 Å². The Morgan fingerprint density at radius 3 is 2.19 bits per heavy atom. The number of hydrogen-bond donors (Lipinski definition) is 0. The van der Waals surface area contributed by atoms with Gasteiger partial charge in [-0.3, -0.25) is 4.98 Å². The Bertz CT molecular complexity index is 2420. The Balaban J connectivity index is 0.000000237. The summed E-state index contributed by atoms with van der Waals surface area (Å²) in [5, 5.41) is 1.97. The Morgan fingerprint density at radius 2 is 1.42 bits per heavy atom. The van der Waals surface area contributed by atoms with Gasteiger partial charge in [-0.15, -0.1) is 54.1 Å². The second kappa shape index (κ2) is 13.5. The van der Waals surface area contributed by atoms with Crippen molar-refractivity contribution in [1.29, 1.82) is 0 Å². The third-order valence-electron chi connectivity index (χ3n) is 7.90. The average Bonchev–Trinajstić information content (AvgIpc) is 3.71. The molecule has 5 heterocycles. The topological polar surface area (TPSA) is 69.6 Å². The number of fused-ring (bicyclic) bond motifs is 4. The van der Waals surface area contributed by atoms with Crippen LogP contribution in [-0.4, -0.2) is 24.5 Å². The van der Waals surface area contributed by atoms with Gasteiger partial charge in [-0.2, -0.15) is 0 Å². The van der Waals surface area contributed by atoms with Crippen LogP contribution in [0.1, 0.15) is 5.69 Å². The second-order valence-corrected chi connectivity index (χ2v) is 11.0. The van der Waals surface area contributed by atoms with Crippen molar-refractivity contribution >= 4 is 33.2 Å². The van der Waals surface area contributed by atoms with Gasteiger partial charge in [-0.1, -0.05) is 71.6 Å². The molecule has 48 heavy (non-hydrogen) atoms. The number of nitrogens with zero attached hydrogens (tertiary/aromatic N) is 5. The van der Waals surface area contributed by atoms with Gasteiger partial charge in [0, 0.05) is 48.6 Å². The summed E-state index contributed by atoms with van der Waals surface area (Å²) < 4.78 is 8.36. The standard InChI is InChI=1S/C30H19N4O.C11H8N.Ir/c1-19-15-16-23-22-13-8-14-24(27(22)35-30(23)31-19)28-33-26-18-17-25(20-9-4-2-5-10-20)32-29(26)34(28)21-11-6-3-7-12-21;1-2-6-10(7-3-1)11-8-4-5-9-12-11;/h2-13,15-18H,1H3;1-6,8-9H;/q2*-1;. The third-order valence-corrected chi connectivity index (χ3v) is 7.90. The zero-order valence-corrected chi connectivity index (χ0v) is 28.2. The number of hydrogen-bond acceptors (Lipinski definition) is 5. The van der Waals surface area contributed by atoms with Crippen molar-refractivity contribution in [3.63, 3.8) is 0 Å². The molecule has 0 aliphatic carbocycles. The fourth-order valence-electron chi connectivity index (χ4n) is 5.67. The molecular weight excluding hydrogens is 771 g/mol. The first-order chi connectivity index (χ1) is 23.2. The van der Waals surface area contributed by atoms with Gasteiger partial charge in [0.15, 0.2) is 5.65 Å². The number of aromatic nitrogens is 5. The smallest absolute Gasteiger partial charge is 0.216 e. The number of imidazole rings is 1. The summed E-state index contributed by atoms with van der Waals surface area (Å²) in [5.74, 6) is 0.727. The predicted octanol–water partition coefficient (Wildman–Crippen LogP) is 9.70. The van der Waals surface area contributed by atoms with E-state index >= 15 is 0 Å². The monoisotopic (exact) mass is 798 g/mol. The molecule has 9 aromatic rings. The van der Waals surface area contributed by atoms with Crippen molar-refractivity contribution in [3.05, 3.63) is 164 Å².